The van der Waals surface area contributed by atoms with E-state index in [1.165, 1.54) is 12.3 Å². The fourth-order valence-electron chi connectivity index (χ4n) is 3.21. The van der Waals surface area contributed by atoms with Gasteiger partial charge in [0, 0.05) is 17.1 Å². The Morgan fingerprint density at radius 3 is 2.81 bits per heavy atom. The molecule has 3 aromatic heterocycles. The minimum atomic E-state index is -0.432. The minimum absolute atomic E-state index is 0. The van der Waals surface area contributed by atoms with E-state index in [9.17, 15) is 8.78 Å². The number of rotatable bonds is 3. The summed E-state index contributed by atoms with van der Waals surface area (Å²) in [4.78, 5) is 15.4. The van der Waals surface area contributed by atoms with Gasteiger partial charge in [-0.15, -0.1) is 12.4 Å². The standard InChI is InChI=1S/C17H17F2N5.ClH.H2S/c18-11-5-12-13(8-22-16(12)21-7-11)17-23-9-14(19)15(24-17)4-10-2-1-3-20-6-10;;/h5,7-10,20H,1-4,6H2,(H,21,22);1H;1H2/t10-;;/m1../s1. The van der Waals surface area contributed by atoms with E-state index in [2.05, 4.69) is 25.3 Å². The number of aromatic nitrogens is 4. The molecule has 0 aliphatic carbocycles. The zero-order valence-corrected chi connectivity index (χ0v) is 15.7. The second-order valence-corrected chi connectivity index (χ2v) is 6.16. The van der Waals surface area contributed by atoms with Gasteiger partial charge < -0.3 is 10.3 Å². The number of aromatic amines is 1. The Hall–Kier alpha value is -1.77. The zero-order chi connectivity index (χ0) is 16.5. The number of halogens is 3. The number of fused-ring (bicyclic) bond motifs is 1. The molecule has 1 aliphatic heterocycles. The molecular formula is C17H20ClF2N5S. The maximum atomic E-state index is 14.1. The maximum Gasteiger partial charge on any atom is 0.163 e. The van der Waals surface area contributed by atoms with Crippen molar-refractivity contribution in [1.82, 2.24) is 25.3 Å². The lowest BCUT2D eigenvalue weighted by molar-refractivity contribution is 0.368. The first-order valence-corrected chi connectivity index (χ1v) is 8.06. The molecule has 4 rings (SSSR count). The molecule has 1 saturated heterocycles. The Kier molecular flexibility index (Phi) is 6.91. The first-order valence-electron chi connectivity index (χ1n) is 8.06. The molecule has 0 radical (unpaired) electrons. The van der Waals surface area contributed by atoms with Gasteiger partial charge in [0.2, 0.25) is 0 Å². The van der Waals surface area contributed by atoms with Crippen LogP contribution in [0.5, 0.6) is 0 Å². The molecule has 26 heavy (non-hydrogen) atoms. The Labute approximate surface area is 162 Å². The topological polar surface area (TPSA) is 66.5 Å². The Balaban J connectivity index is 0.00000121. The van der Waals surface area contributed by atoms with E-state index >= 15 is 0 Å². The van der Waals surface area contributed by atoms with Crippen molar-refractivity contribution in [2.24, 2.45) is 5.92 Å². The van der Waals surface area contributed by atoms with Crippen LogP contribution in [0.25, 0.3) is 22.4 Å². The summed E-state index contributed by atoms with van der Waals surface area (Å²) in [6, 6.07) is 1.38. The fourth-order valence-corrected chi connectivity index (χ4v) is 3.21. The SMILES string of the molecule is Cl.Fc1cnc2[nH]cc(-c3ncc(F)c(C[C@H]4CCCNC4)n3)c2c1.S. The minimum Gasteiger partial charge on any atom is -0.345 e. The van der Waals surface area contributed by atoms with Gasteiger partial charge in [-0.25, -0.2) is 23.7 Å². The van der Waals surface area contributed by atoms with Crippen LogP contribution in [0.2, 0.25) is 0 Å². The molecule has 0 aromatic carbocycles. The molecule has 5 nitrogen and oxygen atoms in total. The average Bonchev–Trinajstić information content (AvgIpc) is 3.01. The number of H-pyrrole nitrogens is 1. The number of hydrogen-bond acceptors (Lipinski definition) is 4. The van der Waals surface area contributed by atoms with Gasteiger partial charge in [-0.2, -0.15) is 13.5 Å². The molecule has 1 aliphatic rings. The summed E-state index contributed by atoms with van der Waals surface area (Å²) in [7, 11) is 0. The predicted molar refractivity (Wildman–Crippen MR) is 104 cm³/mol. The fraction of sp³-hybridized carbons (Fsp3) is 0.353. The van der Waals surface area contributed by atoms with Crippen molar-refractivity contribution < 1.29 is 8.78 Å². The van der Waals surface area contributed by atoms with Gasteiger partial charge in [0.25, 0.3) is 0 Å². The van der Waals surface area contributed by atoms with Crippen molar-refractivity contribution in [3.8, 4) is 11.4 Å². The van der Waals surface area contributed by atoms with Gasteiger partial charge in [0.15, 0.2) is 11.6 Å². The van der Waals surface area contributed by atoms with Crippen LogP contribution in [0.3, 0.4) is 0 Å². The first kappa shape index (κ1) is 20.5. The predicted octanol–water partition coefficient (Wildman–Crippen LogP) is 3.37. The lowest BCUT2D eigenvalue weighted by atomic mass is 9.94. The smallest absolute Gasteiger partial charge is 0.163 e. The molecule has 0 amide bonds. The van der Waals surface area contributed by atoms with Crippen molar-refractivity contribution in [2.45, 2.75) is 19.3 Å². The summed E-state index contributed by atoms with van der Waals surface area (Å²) >= 11 is 0. The number of hydrogen-bond donors (Lipinski definition) is 2. The van der Waals surface area contributed by atoms with E-state index in [-0.39, 0.29) is 25.9 Å². The molecule has 1 fully saturated rings. The molecule has 2 N–H and O–H groups in total. The van der Waals surface area contributed by atoms with Crippen LogP contribution in [-0.4, -0.2) is 33.0 Å². The lowest BCUT2D eigenvalue weighted by Crippen LogP contribution is -2.31. The van der Waals surface area contributed by atoms with Crippen molar-refractivity contribution in [2.75, 3.05) is 13.1 Å². The molecule has 140 valence electrons. The molecule has 0 unspecified atom stereocenters. The van der Waals surface area contributed by atoms with Crippen LogP contribution >= 0.6 is 25.9 Å². The third kappa shape index (κ3) is 4.13. The van der Waals surface area contributed by atoms with Gasteiger partial charge in [-0.1, -0.05) is 0 Å². The first-order chi connectivity index (χ1) is 11.7. The van der Waals surface area contributed by atoms with Crippen LogP contribution in [0.1, 0.15) is 18.5 Å². The van der Waals surface area contributed by atoms with Gasteiger partial charge >= 0.3 is 0 Å². The van der Waals surface area contributed by atoms with E-state index in [1.54, 1.807) is 6.20 Å². The maximum absolute atomic E-state index is 14.1. The number of pyridine rings is 1. The zero-order valence-electron chi connectivity index (χ0n) is 13.9. The van der Waals surface area contributed by atoms with Gasteiger partial charge in [-0.05, 0) is 44.3 Å². The third-order valence-electron chi connectivity index (χ3n) is 4.44. The molecule has 3 aromatic rings. The summed E-state index contributed by atoms with van der Waals surface area (Å²) in [6.45, 7) is 1.89. The summed E-state index contributed by atoms with van der Waals surface area (Å²) in [6.07, 6.45) is 6.75. The molecule has 4 heterocycles. The second kappa shape index (κ2) is 8.75. The van der Waals surface area contributed by atoms with E-state index in [4.69, 9.17) is 0 Å². The number of nitrogens with one attached hydrogen (secondary N) is 2. The highest BCUT2D eigenvalue weighted by molar-refractivity contribution is 7.59. The summed E-state index contributed by atoms with van der Waals surface area (Å²) < 4.78 is 27.6. The Morgan fingerprint density at radius 1 is 1.19 bits per heavy atom. The molecule has 0 spiro atoms. The van der Waals surface area contributed by atoms with Crippen molar-refractivity contribution in [3.63, 3.8) is 0 Å². The lowest BCUT2D eigenvalue weighted by Gasteiger charge is -2.22. The summed E-state index contributed by atoms with van der Waals surface area (Å²) in [5.41, 5.74) is 1.59. The highest BCUT2D eigenvalue weighted by Crippen LogP contribution is 2.26. The van der Waals surface area contributed by atoms with Gasteiger partial charge in [-0.3, -0.25) is 0 Å². The van der Waals surface area contributed by atoms with E-state index < -0.39 is 11.6 Å². The van der Waals surface area contributed by atoms with Crippen LogP contribution in [-0.2, 0) is 6.42 Å². The Bertz CT molecular complexity index is 883. The molecule has 0 bridgehead atoms. The number of nitrogens with zero attached hydrogens (tertiary/aromatic N) is 3. The van der Waals surface area contributed by atoms with Crippen molar-refractivity contribution in [1.29, 1.82) is 0 Å². The van der Waals surface area contributed by atoms with Crippen LogP contribution in [0, 0.1) is 17.6 Å². The highest BCUT2D eigenvalue weighted by atomic mass is 35.5. The largest absolute Gasteiger partial charge is 0.345 e. The molecule has 9 heteroatoms. The monoisotopic (exact) mass is 399 g/mol. The molecule has 0 saturated carbocycles. The average molecular weight is 400 g/mol. The van der Waals surface area contributed by atoms with Crippen LogP contribution < -0.4 is 5.32 Å². The summed E-state index contributed by atoms with van der Waals surface area (Å²) in [5.74, 6) is -0.0701. The van der Waals surface area contributed by atoms with E-state index in [0.29, 0.717) is 40.5 Å². The second-order valence-electron chi connectivity index (χ2n) is 6.16. The van der Waals surface area contributed by atoms with Crippen LogP contribution in [0.4, 0.5) is 8.78 Å². The van der Waals surface area contributed by atoms with E-state index in [0.717, 1.165) is 32.1 Å². The van der Waals surface area contributed by atoms with Crippen LogP contribution in [0.15, 0.2) is 24.7 Å². The highest BCUT2D eigenvalue weighted by Gasteiger charge is 2.19. The third-order valence-corrected chi connectivity index (χ3v) is 4.44. The van der Waals surface area contributed by atoms with Crippen molar-refractivity contribution in [3.05, 3.63) is 42.0 Å². The van der Waals surface area contributed by atoms with Crippen molar-refractivity contribution >= 4 is 36.9 Å². The Morgan fingerprint density at radius 2 is 2.04 bits per heavy atom. The van der Waals surface area contributed by atoms with E-state index in [1.807, 2.05) is 0 Å². The quantitative estimate of drug-likeness (QED) is 0.708. The van der Waals surface area contributed by atoms with Gasteiger partial charge in [0.1, 0.15) is 11.5 Å². The molecular weight excluding hydrogens is 380 g/mol. The summed E-state index contributed by atoms with van der Waals surface area (Å²) in [5, 5.41) is 3.92. The normalized spacial score (nSPS) is 16.8. The molecule has 1 atom stereocenters. The number of piperidine rings is 1. The van der Waals surface area contributed by atoms with Gasteiger partial charge in [0.05, 0.1) is 18.1 Å².